The number of methoxy groups -OCH3 is 2. The van der Waals surface area contributed by atoms with Crippen LogP contribution in [0.15, 0.2) is 18.2 Å². The molecule has 0 spiro atoms. The van der Waals surface area contributed by atoms with Gasteiger partial charge in [0.05, 0.1) is 14.2 Å². The van der Waals surface area contributed by atoms with E-state index in [1.807, 2.05) is 18.2 Å². The predicted octanol–water partition coefficient (Wildman–Crippen LogP) is 3.44. The molecule has 0 bridgehead atoms. The largest absolute Gasteiger partial charge is 0.493 e. The van der Waals surface area contributed by atoms with Crippen LogP contribution in [0.2, 0.25) is 0 Å². The molecule has 0 saturated heterocycles. The Kier molecular flexibility index (Phi) is 3.22. The fraction of sp³-hybridized carbons (Fsp3) is 0.500. The van der Waals surface area contributed by atoms with Gasteiger partial charge in [-0.1, -0.05) is 6.07 Å². The molecule has 4 heteroatoms. The maximum absolute atomic E-state index is 6.00. The monoisotopic (exact) mass is 260 g/mol. The summed E-state index contributed by atoms with van der Waals surface area (Å²) in [5.41, 5.74) is 1.17. The summed E-state index contributed by atoms with van der Waals surface area (Å²) in [4.78, 5) is 0. The van der Waals surface area contributed by atoms with E-state index in [1.165, 1.54) is 5.56 Å². The zero-order valence-corrected chi connectivity index (χ0v) is 10.8. The van der Waals surface area contributed by atoms with E-state index in [1.54, 1.807) is 14.2 Å². The summed E-state index contributed by atoms with van der Waals surface area (Å²) in [7, 11) is 3.26. The minimum Gasteiger partial charge on any atom is -0.493 e. The van der Waals surface area contributed by atoms with Gasteiger partial charge >= 0.3 is 0 Å². The maximum atomic E-state index is 6.00. The van der Waals surface area contributed by atoms with Crippen LogP contribution in [0.4, 0.5) is 0 Å². The molecule has 1 unspecified atom stereocenters. The molecular weight excluding hydrogens is 247 g/mol. The van der Waals surface area contributed by atoms with E-state index >= 15 is 0 Å². The van der Waals surface area contributed by atoms with Gasteiger partial charge in [-0.25, -0.2) is 0 Å². The summed E-state index contributed by atoms with van der Waals surface area (Å²) in [5.74, 6) is 1.84. The molecule has 1 atom stereocenters. The first-order chi connectivity index (χ1) is 7.56. The van der Waals surface area contributed by atoms with Gasteiger partial charge in [0, 0.05) is 0 Å². The van der Waals surface area contributed by atoms with Crippen molar-refractivity contribution in [3.63, 3.8) is 0 Å². The Bertz CT molecular complexity index is 391. The zero-order chi connectivity index (χ0) is 11.8. The Morgan fingerprint density at radius 2 is 1.88 bits per heavy atom. The number of halogens is 2. The lowest BCUT2D eigenvalue weighted by molar-refractivity contribution is 0.354. The molecule has 1 aliphatic carbocycles. The molecular formula is C12H14Cl2O2. The number of ether oxygens (including phenoxy) is 2. The summed E-state index contributed by atoms with van der Waals surface area (Å²) in [6.07, 6.45) is 1.75. The molecule has 0 aliphatic heterocycles. The molecule has 0 aromatic heterocycles. The third-order valence-corrected chi connectivity index (χ3v) is 3.81. The zero-order valence-electron chi connectivity index (χ0n) is 9.30. The molecule has 1 fully saturated rings. The minimum absolute atomic E-state index is 0.355. The van der Waals surface area contributed by atoms with Crippen molar-refractivity contribution in [2.75, 3.05) is 14.2 Å². The van der Waals surface area contributed by atoms with Gasteiger partial charge in [0.15, 0.2) is 11.5 Å². The van der Waals surface area contributed by atoms with Gasteiger partial charge in [0.1, 0.15) is 4.33 Å². The van der Waals surface area contributed by atoms with Gasteiger partial charge in [-0.3, -0.25) is 0 Å². The molecule has 88 valence electrons. The van der Waals surface area contributed by atoms with E-state index in [2.05, 4.69) is 0 Å². The lowest BCUT2D eigenvalue weighted by atomic mass is 10.1. The summed E-state index contributed by atoms with van der Waals surface area (Å²) < 4.78 is 9.89. The van der Waals surface area contributed by atoms with Crippen LogP contribution in [0.1, 0.15) is 12.0 Å². The maximum Gasteiger partial charge on any atom is 0.160 e. The van der Waals surface area contributed by atoms with E-state index in [4.69, 9.17) is 32.7 Å². The second-order valence-corrected chi connectivity index (χ2v) is 5.60. The Balaban J connectivity index is 2.11. The molecule has 1 aromatic carbocycles. The Morgan fingerprint density at radius 3 is 2.38 bits per heavy atom. The molecule has 1 aromatic rings. The highest BCUT2D eigenvalue weighted by molar-refractivity contribution is 6.50. The lowest BCUT2D eigenvalue weighted by Gasteiger charge is -2.09. The van der Waals surface area contributed by atoms with Gasteiger partial charge in [-0.05, 0) is 36.5 Å². The van der Waals surface area contributed by atoms with E-state index in [-0.39, 0.29) is 0 Å². The van der Waals surface area contributed by atoms with Gasteiger partial charge in [0.25, 0.3) is 0 Å². The standard InChI is InChI=1S/C12H14Cl2O2/c1-15-10-4-3-8(6-11(10)16-2)5-9-7-12(9,13)14/h3-4,6,9H,5,7H2,1-2H3. The Hall–Kier alpha value is -0.600. The summed E-state index contributed by atoms with van der Waals surface area (Å²) >= 11 is 12.0. The molecule has 16 heavy (non-hydrogen) atoms. The highest BCUT2D eigenvalue weighted by Gasteiger charge is 2.51. The highest BCUT2D eigenvalue weighted by Crippen LogP contribution is 2.54. The quantitative estimate of drug-likeness (QED) is 0.773. The minimum atomic E-state index is -0.521. The summed E-state index contributed by atoms with van der Waals surface area (Å²) in [6, 6.07) is 5.89. The van der Waals surface area contributed by atoms with Crippen molar-refractivity contribution in [3.8, 4) is 11.5 Å². The number of hydrogen-bond acceptors (Lipinski definition) is 2. The van der Waals surface area contributed by atoms with Crippen molar-refractivity contribution >= 4 is 23.2 Å². The van der Waals surface area contributed by atoms with Gasteiger partial charge in [-0.15, -0.1) is 23.2 Å². The fourth-order valence-electron chi connectivity index (χ4n) is 1.78. The fourth-order valence-corrected chi connectivity index (χ4v) is 2.31. The van der Waals surface area contributed by atoms with Crippen LogP contribution in [0.5, 0.6) is 11.5 Å². The third kappa shape index (κ3) is 2.38. The van der Waals surface area contributed by atoms with Crippen LogP contribution >= 0.6 is 23.2 Å². The van der Waals surface area contributed by atoms with Crippen LogP contribution in [-0.2, 0) is 6.42 Å². The van der Waals surface area contributed by atoms with Gasteiger partial charge in [0.2, 0.25) is 0 Å². The molecule has 0 radical (unpaired) electrons. The molecule has 0 heterocycles. The number of alkyl halides is 2. The topological polar surface area (TPSA) is 18.5 Å². The third-order valence-electron chi connectivity index (χ3n) is 2.89. The van der Waals surface area contributed by atoms with Gasteiger partial charge in [-0.2, -0.15) is 0 Å². The average Bonchev–Trinajstić information content (AvgIpc) is 2.85. The molecule has 1 aliphatic rings. The predicted molar refractivity (Wildman–Crippen MR) is 65.8 cm³/mol. The summed E-state index contributed by atoms with van der Waals surface area (Å²) in [5, 5.41) is 0. The first-order valence-electron chi connectivity index (χ1n) is 5.15. The van der Waals surface area contributed by atoms with Crippen LogP contribution < -0.4 is 9.47 Å². The molecule has 2 nitrogen and oxygen atoms in total. The highest BCUT2D eigenvalue weighted by atomic mass is 35.5. The first kappa shape index (κ1) is 11.9. The van der Waals surface area contributed by atoms with Crippen molar-refractivity contribution in [3.05, 3.63) is 23.8 Å². The van der Waals surface area contributed by atoms with Crippen molar-refractivity contribution < 1.29 is 9.47 Å². The van der Waals surface area contributed by atoms with Crippen molar-refractivity contribution in [2.45, 2.75) is 17.2 Å². The number of rotatable bonds is 4. The summed E-state index contributed by atoms with van der Waals surface area (Å²) in [6.45, 7) is 0. The van der Waals surface area contributed by atoms with E-state index in [0.29, 0.717) is 5.92 Å². The van der Waals surface area contributed by atoms with Gasteiger partial charge < -0.3 is 9.47 Å². The van der Waals surface area contributed by atoms with Crippen LogP contribution in [0.3, 0.4) is 0 Å². The number of benzene rings is 1. The van der Waals surface area contributed by atoms with Crippen LogP contribution in [0, 0.1) is 5.92 Å². The van der Waals surface area contributed by atoms with Crippen LogP contribution in [-0.4, -0.2) is 18.6 Å². The van der Waals surface area contributed by atoms with Crippen molar-refractivity contribution in [2.24, 2.45) is 5.92 Å². The second kappa shape index (κ2) is 4.34. The van der Waals surface area contributed by atoms with Crippen molar-refractivity contribution in [1.29, 1.82) is 0 Å². The molecule has 0 amide bonds. The number of hydrogen-bond donors (Lipinski definition) is 0. The van der Waals surface area contributed by atoms with E-state index in [0.717, 1.165) is 24.3 Å². The van der Waals surface area contributed by atoms with Crippen molar-refractivity contribution in [1.82, 2.24) is 0 Å². The smallest absolute Gasteiger partial charge is 0.160 e. The molecule has 2 rings (SSSR count). The van der Waals surface area contributed by atoms with E-state index in [9.17, 15) is 0 Å². The first-order valence-corrected chi connectivity index (χ1v) is 5.91. The molecule has 0 N–H and O–H groups in total. The average molecular weight is 261 g/mol. The van der Waals surface area contributed by atoms with E-state index < -0.39 is 4.33 Å². The van der Waals surface area contributed by atoms with Crippen LogP contribution in [0.25, 0.3) is 0 Å². The normalized spacial score (nSPS) is 21.6. The lowest BCUT2D eigenvalue weighted by Crippen LogP contribution is -1.97. The second-order valence-electron chi connectivity index (χ2n) is 4.06. The SMILES string of the molecule is COc1ccc(CC2CC2(Cl)Cl)cc1OC. The Labute approximate surface area is 105 Å². The molecule has 1 saturated carbocycles. The Morgan fingerprint density at radius 1 is 1.25 bits per heavy atom.